The van der Waals surface area contributed by atoms with Gasteiger partial charge in [-0.05, 0) is 49.2 Å². The van der Waals surface area contributed by atoms with Crippen molar-refractivity contribution < 1.29 is 14.6 Å². The van der Waals surface area contributed by atoms with Crippen LogP contribution in [-0.4, -0.2) is 85.0 Å². The topological polar surface area (TPSA) is 125 Å². The number of anilines is 1. The average molecular weight is 525 g/mol. The summed E-state index contributed by atoms with van der Waals surface area (Å²) in [4.78, 5) is 34.4. The lowest BCUT2D eigenvalue weighted by Crippen LogP contribution is -2.39. The molecule has 2 aliphatic heterocycles. The van der Waals surface area contributed by atoms with Gasteiger partial charge in [0.2, 0.25) is 0 Å². The number of benzene rings is 1. The van der Waals surface area contributed by atoms with Crippen molar-refractivity contribution in [2.45, 2.75) is 18.9 Å². The van der Waals surface area contributed by atoms with E-state index < -0.39 is 0 Å². The van der Waals surface area contributed by atoms with Crippen molar-refractivity contribution in [1.29, 1.82) is 0 Å². The molecule has 198 valence electrons. The number of pyridine rings is 1. The van der Waals surface area contributed by atoms with Crippen LogP contribution in [0.2, 0.25) is 0 Å². The number of amides is 1. The first kappa shape index (κ1) is 23.6. The molecule has 2 N–H and O–H groups in total. The number of likely N-dealkylation sites (tertiary alicyclic amines) is 1. The predicted molar refractivity (Wildman–Crippen MR) is 146 cm³/mol. The van der Waals surface area contributed by atoms with Crippen molar-refractivity contribution in [1.82, 2.24) is 34.6 Å². The summed E-state index contributed by atoms with van der Waals surface area (Å²) in [5.41, 5.74) is 2.90. The molecule has 5 aromatic rings. The molecule has 0 saturated carbocycles. The normalized spacial score (nSPS) is 16.8. The third kappa shape index (κ3) is 4.24. The molecule has 2 aliphatic rings. The average Bonchev–Trinajstić information content (AvgIpc) is 3.64. The SMILES string of the molecule is O=C(c1ncccc1O)N1CCC(n2ncc3c(N4CCOCC4)nc(-c4ccc5[nH]ccc5c4)nc32)CC1. The highest BCUT2D eigenvalue weighted by atomic mass is 16.5. The third-order valence-electron chi connectivity index (χ3n) is 7.64. The van der Waals surface area contributed by atoms with Crippen LogP contribution in [0.3, 0.4) is 0 Å². The van der Waals surface area contributed by atoms with Gasteiger partial charge in [0.15, 0.2) is 17.2 Å². The maximum Gasteiger partial charge on any atom is 0.276 e. The summed E-state index contributed by atoms with van der Waals surface area (Å²) in [6.45, 7) is 3.91. The molecule has 11 heteroatoms. The van der Waals surface area contributed by atoms with Gasteiger partial charge in [0.05, 0.1) is 30.8 Å². The number of nitrogens with zero attached hydrogens (tertiary/aromatic N) is 7. The summed E-state index contributed by atoms with van der Waals surface area (Å²) in [7, 11) is 0. The number of piperidine rings is 1. The minimum absolute atomic E-state index is 0.0799. The van der Waals surface area contributed by atoms with Crippen LogP contribution in [0.4, 0.5) is 5.82 Å². The molecule has 6 heterocycles. The minimum atomic E-state index is -0.253. The molecular formula is C28H28N8O3. The van der Waals surface area contributed by atoms with E-state index in [2.05, 4.69) is 27.0 Å². The van der Waals surface area contributed by atoms with E-state index in [9.17, 15) is 9.90 Å². The molecule has 11 nitrogen and oxygen atoms in total. The first-order valence-electron chi connectivity index (χ1n) is 13.2. The fraction of sp³-hybridized carbons (Fsp3) is 0.321. The second-order valence-electron chi connectivity index (χ2n) is 9.97. The molecular weight excluding hydrogens is 496 g/mol. The number of fused-ring (bicyclic) bond motifs is 2. The molecule has 1 aromatic carbocycles. The van der Waals surface area contributed by atoms with Gasteiger partial charge in [0, 0.05) is 55.0 Å². The Balaban J connectivity index is 1.23. The first-order valence-corrected chi connectivity index (χ1v) is 13.2. The number of aromatic nitrogens is 6. The molecule has 39 heavy (non-hydrogen) atoms. The van der Waals surface area contributed by atoms with Crippen LogP contribution in [0.15, 0.2) is 55.0 Å². The molecule has 0 atom stereocenters. The number of rotatable bonds is 4. The minimum Gasteiger partial charge on any atom is -0.505 e. The van der Waals surface area contributed by atoms with Gasteiger partial charge in [-0.3, -0.25) is 4.79 Å². The van der Waals surface area contributed by atoms with Crippen LogP contribution < -0.4 is 4.90 Å². The summed E-state index contributed by atoms with van der Waals surface area (Å²) in [6, 6.07) is 11.4. The van der Waals surface area contributed by atoms with E-state index in [1.165, 1.54) is 12.3 Å². The van der Waals surface area contributed by atoms with E-state index in [0.717, 1.165) is 59.2 Å². The van der Waals surface area contributed by atoms with E-state index in [4.69, 9.17) is 19.8 Å². The van der Waals surface area contributed by atoms with Crippen LogP contribution in [0.1, 0.15) is 29.4 Å². The zero-order valence-electron chi connectivity index (χ0n) is 21.3. The van der Waals surface area contributed by atoms with Crippen LogP contribution in [0.5, 0.6) is 5.75 Å². The maximum atomic E-state index is 13.0. The molecule has 2 fully saturated rings. The maximum absolute atomic E-state index is 13.0. The van der Waals surface area contributed by atoms with E-state index in [-0.39, 0.29) is 23.4 Å². The number of hydrogen-bond acceptors (Lipinski definition) is 8. The highest BCUT2D eigenvalue weighted by molar-refractivity contribution is 5.95. The molecule has 4 aromatic heterocycles. The summed E-state index contributed by atoms with van der Waals surface area (Å²) < 4.78 is 7.59. The Morgan fingerprint density at radius 1 is 1.05 bits per heavy atom. The number of aromatic hydroxyl groups is 1. The highest BCUT2D eigenvalue weighted by Crippen LogP contribution is 2.33. The van der Waals surface area contributed by atoms with Gasteiger partial charge in [-0.25, -0.2) is 19.6 Å². The largest absolute Gasteiger partial charge is 0.505 e. The van der Waals surface area contributed by atoms with Crippen molar-refractivity contribution in [2.75, 3.05) is 44.3 Å². The van der Waals surface area contributed by atoms with Gasteiger partial charge in [-0.2, -0.15) is 5.10 Å². The predicted octanol–water partition coefficient (Wildman–Crippen LogP) is 3.39. The number of morpholine rings is 1. The number of hydrogen-bond donors (Lipinski definition) is 2. The lowest BCUT2D eigenvalue weighted by atomic mass is 10.0. The quantitative estimate of drug-likeness (QED) is 0.367. The Kier molecular flexibility index (Phi) is 5.85. The molecule has 1 amide bonds. The van der Waals surface area contributed by atoms with Crippen LogP contribution in [0, 0.1) is 0 Å². The summed E-state index contributed by atoms with van der Waals surface area (Å²) in [5, 5.41) is 16.9. The second-order valence-corrected chi connectivity index (χ2v) is 9.97. The number of aromatic amines is 1. The summed E-state index contributed by atoms with van der Waals surface area (Å²) in [6.07, 6.45) is 6.75. The smallest absolute Gasteiger partial charge is 0.276 e. The van der Waals surface area contributed by atoms with Crippen molar-refractivity contribution in [3.8, 4) is 17.1 Å². The monoisotopic (exact) mass is 524 g/mol. The van der Waals surface area contributed by atoms with Gasteiger partial charge in [0.1, 0.15) is 11.6 Å². The van der Waals surface area contributed by atoms with E-state index in [1.54, 1.807) is 11.0 Å². The van der Waals surface area contributed by atoms with Gasteiger partial charge in [0.25, 0.3) is 5.91 Å². The summed E-state index contributed by atoms with van der Waals surface area (Å²) in [5.74, 6) is 1.18. The fourth-order valence-corrected chi connectivity index (χ4v) is 5.54. The Bertz CT molecular complexity index is 1660. The molecule has 7 rings (SSSR count). The van der Waals surface area contributed by atoms with Crippen LogP contribution >= 0.6 is 0 Å². The molecule has 0 radical (unpaired) electrons. The zero-order chi connectivity index (χ0) is 26.3. The van der Waals surface area contributed by atoms with Gasteiger partial charge < -0.3 is 24.6 Å². The van der Waals surface area contributed by atoms with E-state index in [0.29, 0.717) is 32.1 Å². The second kappa shape index (κ2) is 9.66. The Morgan fingerprint density at radius 3 is 2.72 bits per heavy atom. The zero-order valence-corrected chi connectivity index (χ0v) is 21.3. The van der Waals surface area contributed by atoms with Crippen molar-refractivity contribution >= 4 is 33.7 Å². The van der Waals surface area contributed by atoms with Crippen molar-refractivity contribution in [3.63, 3.8) is 0 Å². The Labute approximate surface area is 224 Å². The Morgan fingerprint density at radius 2 is 1.90 bits per heavy atom. The van der Waals surface area contributed by atoms with Gasteiger partial charge in [-0.15, -0.1) is 0 Å². The molecule has 0 aliphatic carbocycles. The summed E-state index contributed by atoms with van der Waals surface area (Å²) >= 11 is 0. The lowest BCUT2D eigenvalue weighted by molar-refractivity contribution is 0.0682. The molecule has 0 unspecified atom stereocenters. The fourth-order valence-electron chi connectivity index (χ4n) is 5.54. The number of nitrogens with one attached hydrogen (secondary N) is 1. The van der Waals surface area contributed by atoms with E-state index in [1.807, 2.05) is 29.2 Å². The molecule has 0 bridgehead atoms. The van der Waals surface area contributed by atoms with Crippen LogP contribution in [-0.2, 0) is 4.74 Å². The highest BCUT2D eigenvalue weighted by Gasteiger charge is 2.29. The lowest BCUT2D eigenvalue weighted by Gasteiger charge is -2.32. The standard InChI is InChI=1S/C28H28N8O3/c37-23-2-1-8-30-24(23)28(38)35-10-6-20(7-11-35)36-27-21(17-31-36)26(34-12-14-39-15-13-34)32-25(33-27)19-3-4-22-18(16-19)5-9-29-22/h1-5,8-9,16-17,20,29,37H,6-7,10-15H2. The van der Waals surface area contributed by atoms with E-state index >= 15 is 0 Å². The van der Waals surface area contributed by atoms with Crippen molar-refractivity contribution in [3.05, 3.63) is 60.7 Å². The van der Waals surface area contributed by atoms with Crippen LogP contribution in [0.25, 0.3) is 33.3 Å². The number of H-pyrrole nitrogens is 1. The van der Waals surface area contributed by atoms with Crippen molar-refractivity contribution in [2.24, 2.45) is 0 Å². The number of carbonyl (C=O) groups is 1. The third-order valence-corrected chi connectivity index (χ3v) is 7.64. The van der Waals surface area contributed by atoms with Gasteiger partial charge in [-0.1, -0.05) is 0 Å². The molecule has 0 spiro atoms. The Hall–Kier alpha value is -4.51. The number of ether oxygens (including phenoxy) is 1. The first-order chi connectivity index (χ1) is 19.2. The number of carbonyl (C=O) groups excluding carboxylic acids is 1. The molecule has 2 saturated heterocycles. The van der Waals surface area contributed by atoms with Gasteiger partial charge >= 0.3 is 0 Å².